The lowest BCUT2D eigenvalue weighted by Crippen LogP contribution is -2.44. The van der Waals surface area contributed by atoms with Crippen LogP contribution in [0, 0.1) is 12.8 Å². The number of likely N-dealkylation sites (tertiary alicyclic amines) is 1. The third-order valence-electron chi connectivity index (χ3n) is 6.71. The van der Waals surface area contributed by atoms with Crippen LogP contribution in [0.25, 0.3) is 10.8 Å². The topological polar surface area (TPSA) is 75.7 Å². The largest absolute Gasteiger partial charge is 0.463 e. The van der Waals surface area contributed by atoms with Gasteiger partial charge in [-0.1, -0.05) is 66.2 Å². The summed E-state index contributed by atoms with van der Waals surface area (Å²) < 4.78 is 5.33. The number of piperidine rings is 1. The van der Waals surface area contributed by atoms with Gasteiger partial charge in [-0.05, 0) is 56.0 Å². The number of amides is 2. The van der Waals surface area contributed by atoms with Gasteiger partial charge in [-0.3, -0.25) is 14.4 Å². The van der Waals surface area contributed by atoms with Gasteiger partial charge in [0.15, 0.2) is 0 Å². The maximum Gasteiger partial charge on any atom is 0.308 e. The third-order valence-corrected chi connectivity index (χ3v) is 6.71. The van der Waals surface area contributed by atoms with Crippen molar-refractivity contribution in [2.24, 2.45) is 5.92 Å². The minimum absolute atomic E-state index is 0.000351. The van der Waals surface area contributed by atoms with E-state index in [4.69, 9.17) is 4.74 Å². The number of fused-ring (bicyclic) bond motifs is 1. The summed E-state index contributed by atoms with van der Waals surface area (Å²) in [4.78, 5) is 40.7. The van der Waals surface area contributed by atoms with Crippen molar-refractivity contribution < 1.29 is 19.1 Å². The van der Waals surface area contributed by atoms with Gasteiger partial charge >= 0.3 is 5.97 Å². The Kier molecular flexibility index (Phi) is 8.04. The number of benzene rings is 3. The quantitative estimate of drug-likeness (QED) is 0.466. The zero-order valence-corrected chi connectivity index (χ0v) is 21.2. The molecule has 0 aromatic heterocycles. The Morgan fingerprint density at radius 3 is 2.31 bits per heavy atom. The normalized spacial score (nSPS) is 15.1. The summed E-state index contributed by atoms with van der Waals surface area (Å²) in [6, 6.07) is 21.0. The summed E-state index contributed by atoms with van der Waals surface area (Å²) in [6.45, 7) is 6.66. The molecule has 4 rings (SSSR count). The van der Waals surface area contributed by atoms with Gasteiger partial charge in [0.05, 0.1) is 18.6 Å². The number of rotatable bonds is 7. The molecule has 0 saturated carbocycles. The van der Waals surface area contributed by atoms with E-state index >= 15 is 0 Å². The molecule has 0 aliphatic carbocycles. The molecule has 6 nitrogen and oxygen atoms in total. The molecule has 36 heavy (non-hydrogen) atoms. The lowest BCUT2D eigenvalue weighted by Gasteiger charge is -2.32. The summed E-state index contributed by atoms with van der Waals surface area (Å²) in [5.41, 5.74) is 2.68. The van der Waals surface area contributed by atoms with Crippen molar-refractivity contribution in [3.63, 3.8) is 0 Å². The van der Waals surface area contributed by atoms with E-state index in [-0.39, 0.29) is 36.2 Å². The predicted molar refractivity (Wildman–Crippen MR) is 140 cm³/mol. The van der Waals surface area contributed by atoms with Crippen molar-refractivity contribution in [1.82, 2.24) is 10.2 Å². The van der Waals surface area contributed by atoms with E-state index in [9.17, 15) is 14.4 Å². The summed E-state index contributed by atoms with van der Waals surface area (Å²) in [5, 5.41) is 5.06. The Bertz CT molecular complexity index is 1220. The second kappa shape index (κ2) is 11.4. The monoisotopic (exact) mass is 486 g/mol. The van der Waals surface area contributed by atoms with Gasteiger partial charge in [-0.25, -0.2) is 0 Å². The van der Waals surface area contributed by atoms with Crippen LogP contribution in [0.15, 0.2) is 66.7 Å². The first-order valence-electron chi connectivity index (χ1n) is 12.7. The van der Waals surface area contributed by atoms with Crippen LogP contribution in [0.3, 0.4) is 0 Å². The number of hydrogen-bond donors (Lipinski definition) is 1. The standard InChI is InChI=1S/C30H34N2O4/c1-20(2)36-28(33)19-27(23-13-11-21(3)12-14-23)31-29(34)24-15-17-32(18-16-24)30(35)26-10-6-8-22-7-4-5-9-25(22)26/h4-14,20,24,27H,15-19H2,1-3H3,(H,31,34). The van der Waals surface area contributed by atoms with Crippen LogP contribution in [0.2, 0.25) is 0 Å². The molecule has 3 aromatic rings. The second-order valence-corrected chi connectivity index (χ2v) is 9.81. The molecule has 1 heterocycles. The first-order chi connectivity index (χ1) is 17.3. The molecule has 0 radical (unpaired) electrons. The van der Waals surface area contributed by atoms with Gasteiger partial charge in [0.25, 0.3) is 5.91 Å². The lowest BCUT2D eigenvalue weighted by molar-refractivity contribution is -0.148. The van der Waals surface area contributed by atoms with Crippen molar-refractivity contribution in [3.05, 3.63) is 83.4 Å². The second-order valence-electron chi connectivity index (χ2n) is 9.81. The van der Waals surface area contributed by atoms with Crippen molar-refractivity contribution in [3.8, 4) is 0 Å². The average Bonchev–Trinajstić information content (AvgIpc) is 2.87. The number of ether oxygens (including phenoxy) is 1. The minimum atomic E-state index is -0.459. The Labute approximate surface area is 212 Å². The summed E-state index contributed by atoms with van der Waals surface area (Å²) in [6.07, 6.45) is 1.03. The number of aryl methyl sites for hydroxylation is 1. The Morgan fingerprint density at radius 1 is 0.944 bits per heavy atom. The van der Waals surface area contributed by atoms with Gasteiger partial charge in [-0.15, -0.1) is 0 Å². The Balaban J connectivity index is 1.40. The number of carbonyl (C=O) groups is 3. The molecule has 188 valence electrons. The molecule has 0 spiro atoms. The maximum atomic E-state index is 13.3. The maximum absolute atomic E-state index is 13.3. The Hall–Kier alpha value is -3.67. The fourth-order valence-electron chi connectivity index (χ4n) is 4.75. The summed E-state index contributed by atoms with van der Waals surface area (Å²) >= 11 is 0. The van der Waals surface area contributed by atoms with Crippen LogP contribution >= 0.6 is 0 Å². The fourth-order valence-corrected chi connectivity index (χ4v) is 4.75. The molecule has 1 aliphatic rings. The molecule has 2 amide bonds. The van der Waals surface area contributed by atoms with Crippen LogP contribution < -0.4 is 5.32 Å². The number of nitrogens with zero attached hydrogens (tertiary/aromatic N) is 1. The highest BCUT2D eigenvalue weighted by atomic mass is 16.5. The van der Waals surface area contributed by atoms with Crippen LogP contribution in [0.1, 0.15) is 60.6 Å². The molecule has 1 fully saturated rings. The molecule has 0 bridgehead atoms. The van der Waals surface area contributed by atoms with Crippen molar-refractivity contribution in [2.75, 3.05) is 13.1 Å². The SMILES string of the molecule is Cc1ccc(C(CC(=O)OC(C)C)NC(=O)C2CCN(C(=O)c3cccc4ccccc34)CC2)cc1. The van der Waals surface area contributed by atoms with Gasteiger partial charge in [-0.2, -0.15) is 0 Å². The molecule has 1 aliphatic heterocycles. The zero-order chi connectivity index (χ0) is 25.7. The van der Waals surface area contributed by atoms with E-state index in [0.717, 1.165) is 21.9 Å². The number of esters is 1. The van der Waals surface area contributed by atoms with Gasteiger partial charge in [0.2, 0.25) is 5.91 Å². The first kappa shape index (κ1) is 25.4. The van der Waals surface area contributed by atoms with E-state index in [1.54, 1.807) is 0 Å². The van der Waals surface area contributed by atoms with Crippen LogP contribution in [-0.2, 0) is 14.3 Å². The van der Waals surface area contributed by atoms with Crippen LogP contribution in [0.4, 0.5) is 0 Å². The lowest BCUT2D eigenvalue weighted by atomic mass is 9.93. The number of carbonyl (C=O) groups excluding carboxylic acids is 3. The first-order valence-corrected chi connectivity index (χ1v) is 12.7. The summed E-state index contributed by atoms with van der Waals surface area (Å²) in [5.74, 6) is -0.642. The summed E-state index contributed by atoms with van der Waals surface area (Å²) in [7, 11) is 0. The van der Waals surface area contributed by atoms with Crippen LogP contribution in [-0.4, -0.2) is 41.9 Å². The molecule has 1 unspecified atom stereocenters. The van der Waals surface area contributed by atoms with E-state index in [0.29, 0.717) is 31.5 Å². The third kappa shape index (κ3) is 6.11. The van der Waals surface area contributed by atoms with Gasteiger partial charge in [0.1, 0.15) is 0 Å². The molecule has 1 N–H and O–H groups in total. The molecule has 6 heteroatoms. The smallest absolute Gasteiger partial charge is 0.308 e. The molecule has 1 atom stereocenters. The molecular formula is C30H34N2O4. The van der Waals surface area contributed by atoms with E-state index in [1.165, 1.54) is 0 Å². The number of nitrogens with one attached hydrogen (secondary N) is 1. The Morgan fingerprint density at radius 2 is 1.61 bits per heavy atom. The number of hydrogen-bond acceptors (Lipinski definition) is 4. The van der Waals surface area contributed by atoms with Crippen molar-refractivity contribution in [2.45, 2.75) is 52.2 Å². The van der Waals surface area contributed by atoms with Crippen molar-refractivity contribution >= 4 is 28.6 Å². The highest BCUT2D eigenvalue weighted by molar-refractivity contribution is 6.07. The fraction of sp³-hybridized carbons (Fsp3) is 0.367. The highest BCUT2D eigenvalue weighted by Crippen LogP contribution is 2.25. The van der Waals surface area contributed by atoms with Crippen molar-refractivity contribution in [1.29, 1.82) is 0 Å². The van der Waals surface area contributed by atoms with E-state index in [2.05, 4.69) is 5.32 Å². The average molecular weight is 487 g/mol. The van der Waals surface area contributed by atoms with E-state index in [1.807, 2.05) is 92.4 Å². The predicted octanol–water partition coefficient (Wildman–Crippen LogP) is 5.20. The molecule has 1 saturated heterocycles. The minimum Gasteiger partial charge on any atom is -0.463 e. The molecule has 3 aromatic carbocycles. The van der Waals surface area contributed by atoms with E-state index < -0.39 is 6.04 Å². The zero-order valence-electron chi connectivity index (χ0n) is 21.2. The van der Waals surface area contributed by atoms with Gasteiger partial charge < -0.3 is 15.0 Å². The van der Waals surface area contributed by atoms with Crippen LogP contribution in [0.5, 0.6) is 0 Å². The highest BCUT2D eigenvalue weighted by Gasteiger charge is 2.30. The van der Waals surface area contributed by atoms with Gasteiger partial charge in [0, 0.05) is 24.6 Å². The molecular weight excluding hydrogens is 452 g/mol.